The number of phenolic OH excluding ortho intramolecular Hbond substituents is 1. The van der Waals surface area contributed by atoms with Crippen molar-refractivity contribution in [3.8, 4) is 23.0 Å². The zero-order chi connectivity index (χ0) is 30.9. The van der Waals surface area contributed by atoms with Gasteiger partial charge in [-0.25, -0.2) is 13.2 Å². The Morgan fingerprint density at radius 3 is 2.76 bits per heavy atom. The molecule has 0 unspecified atom stereocenters. The highest BCUT2D eigenvalue weighted by Crippen LogP contribution is 2.43. The smallest absolute Gasteiger partial charge is 0.319 e. The van der Waals surface area contributed by atoms with E-state index < -0.39 is 23.3 Å². The second kappa shape index (κ2) is 10.7. The lowest BCUT2D eigenvalue weighted by atomic mass is 9.78. The van der Waals surface area contributed by atoms with Crippen molar-refractivity contribution in [3.63, 3.8) is 0 Å². The average Bonchev–Trinajstić information content (AvgIpc) is 3.55. The lowest BCUT2D eigenvalue weighted by molar-refractivity contribution is -0.117. The van der Waals surface area contributed by atoms with Gasteiger partial charge in [0.05, 0.1) is 24.1 Å². The molecule has 0 radical (unpaired) electrons. The summed E-state index contributed by atoms with van der Waals surface area (Å²) >= 11 is 0. The Kier molecular flexibility index (Phi) is 6.83. The standard InChI is InChI=1S/C34H36F3N5O3/c1-2-23-26(36)6-5-20-11-22(43)12-24(27(20)23)29-28(37)30-25(14-38-29)31(41-9-3-7-33(16-41)17-44-18-33)40-32(39-30)45-19-34-8-4-10-42(34)15-21(35)13-34/h5-6,11-12,14,21,43H,2-4,7-10,13,15-19H2,1H3/t21-,34+/m1/s1. The molecular weight excluding hydrogens is 583 g/mol. The molecular formula is C34H36F3N5O3. The first-order chi connectivity index (χ1) is 21.8. The van der Waals surface area contributed by atoms with Crippen LogP contribution in [-0.4, -0.2) is 82.7 Å². The molecule has 0 bridgehead atoms. The molecule has 2 atom stereocenters. The third-order valence-corrected chi connectivity index (χ3v) is 10.4. The molecule has 4 aromatic rings. The summed E-state index contributed by atoms with van der Waals surface area (Å²) < 4.78 is 58.1. The van der Waals surface area contributed by atoms with Gasteiger partial charge in [-0.1, -0.05) is 13.0 Å². The Morgan fingerprint density at radius 2 is 1.96 bits per heavy atom. The maximum Gasteiger partial charge on any atom is 0.319 e. The van der Waals surface area contributed by atoms with Crippen LogP contribution in [0.1, 0.15) is 44.6 Å². The fraction of sp³-hybridized carbons (Fsp3) is 0.500. The topological polar surface area (TPSA) is 83.8 Å². The molecule has 4 aliphatic rings. The quantitative estimate of drug-likeness (QED) is 0.283. The van der Waals surface area contributed by atoms with Gasteiger partial charge in [-0.15, -0.1) is 0 Å². The van der Waals surface area contributed by atoms with Crippen LogP contribution < -0.4 is 9.64 Å². The van der Waals surface area contributed by atoms with Gasteiger partial charge in [-0.05, 0) is 73.2 Å². The number of aryl methyl sites for hydroxylation is 1. The first-order valence-corrected chi connectivity index (χ1v) is 15.9. The number of nitrogens with zero attached hydrogens (tertiary/aromatic N) is 5. The lowest BCUT2D eigenvalue weighted by Crippen LogP contribution is -2.54. The first kappa shape index (κ1) is 28.8. The maximum absolute atomic E-state index is 16.8. The van der Waals surface area contributed by atoms with E-state index in [-0.39, 0.29) is 40.6 Å². The predicted octanol–water partition coefficient (Wildman–Crippen LogP) is 5.96. The summed E-state index contributed by atoms with van der Waals surface area (Å²) in [5, 5.41) is 12.1. The normalized spacial score (nSPS) is 24.4. The SMILES string of the molecule is CCc1c(F)ccc2cc(O)cc(-c3ncc4c(N5CCCC6(COC6)C5)nc(OC[C@@]56CCCN5C[C@H](F)C6)nc4c3F)c12. The van der Waals surface area contributed by atoms with Gasteiger partial charge in [0.25, 0.3) is 0 Å². The van der Waals surface area contributed by atoms with E-state index in [0.717, 1.165) is 38.8 Å². The molecule has 2 aromatic carbocycles. The van der Waals surface area contributed by atoms with E-state index in [1.165, 1.54) is 18.2 Å². The zero-order valence-electron chi connectivity index (χ0n) is 25.3. The number of aromatic hydroxyl groups is 1. The molecule has 0 amide bonds. The fourth-order valence-electron chi connectivity index (χ4n) is 8.21. The van der Waals surface area contributed by atoms with Crippen LogP contribution in [0, 0.1) is 17.0 Å². The third-order valence-electron chi connectivity index (χ3n) is 10.4. The Balaban J connectivity index is 1.27. The van der Waals surface area contributed by atoms with Crippen LogP contribution >= 0.6 is 0 Å². The molecule has 236 valence electrons. The van der Waals surface area contributed by atoms with Crippen LogP contribution in [0.2, 0.25) is 0 Å². The van der Waals surface area contributed by atoms with Crippen molar-refractivity contribution >= 4 is 27.5 Å². The molecule has 4 fully saturated rings. The largest absolute Gasteiger partial charge is 0.508 e. The third kappa shape index (κ3) is 4.69. The summed E-state index contributed by atoms with van der Waals surface area (Å²) in [6.45, 7) is 6.06. The van der Waals surface area contributed by atoms with Crippen molar-refractivity contribution in [1.29, 1.82) is 0 Å². The highest BCUT2D eigenvalue weighted by molar-refractivity contribution is 6.01. The molecule has 4 saturated heterocycles. The summed E-state index contributed by atoms with van der Waals surface area (Å²) in [5.41, 5.74) is 0.309. The predicted molar refractivity (Wildman–Crippen MR) is 164 cm³/mol. The number of piperidine rings is 1. The van der Waals surface area contributed by atoms with Gasteiger partial charge in [0, 0.05) is 43.2 Å². The molecule has 4 aliphatic heterocycles. The van der Waals surface area contributed by atoms with E-state index >= 15 is 4.39 Å². The van der Waals surface area contributed by atoms with Crippen LogP contribution in [0.5, 0.6) is 11.8 Å². The minimum atomic E-state index is -0.905. The summed E-state index contributed by atoms with van der Waals surface area (Å²) in [6.07, 6.45) is 5.22. The number of anilines is 1. The molecule has 2 aromatic heterocycles. The molecule has 6 heterocycles. The fourth-order valence-corrected chi connectivity index (χ4v) is 8.21. The van der Waals surface area contributed by atoms with Crippen LogP contribution in [0.15, 0.2) is 30.5 Å². The van der Waals surface area contributed by atoms with Crippen LogP contribution in [0.3, 0.4) is 0 Å². The summed E-state index contributed by atoms with van der Waals surface area (Å²) in [5.74, 6) is -0.650. The second-order valence-corrected chi connectivity index (χ2v) is 13.4. The number of ether oxygens (including phenoxy) is 2. The number of rotatable bonds is 6. The highest BCUT2D eigenvalue weighted by atomic mass is 19.1. The molecule has 0 aliphatic carbocycles. The number of aromatic nitrogens is 3. The molecule has 8 nitrogen and oxygen atoms in total. The summed E-state index contributed by atoms with van der Waals surface area (Å²) in [6, 6.07) is 5.92. The van der Waals surface area contributed by atoms with Gasteiger partial charge in [0.2, 0.25) is 0 Å². The Morgan fingerprint density at radius 1 is 1.11 bits per heavy atom. The molecule has 1 spiro atoms. The van der Waals surface area contributed by atoms with Gasteiger partial charge in [-0.2, -0.15) is 9.97 Å². The number of phenols is 1. The van der Waals surface area contributed by atoms with Crippen molar-refractivity contribution < 1.29 is 27.8 Å². The summed E-state index contributed by atoms with van der Waals surface area (Å²) in [7, 11) is 0. The van der Waals surface area contributed by atoms with Crippen LogP contribution in [0.25, 0.3) is 32.9 Å². The van der Waals surface area contributed by atoms with E-state index in [4.69, 9.17) is 14.5 Å². The van der Waals surface area contributed by atoms with E-state index in [1.54, 1.807) is 12.3 Å². The lowest BCUT2D eigenvalue weighted by Gasteiger charge is -2.48. The van der Waals surface area contributed by atoms with E-state index in [0.29, 0.717) is 66.7 Å². The minimum Gasteiger partial charge on any atom is -0.508 e. The monoisotopic (exact) mass is 619 g/mol. The van der Waals surface area contributed by atoms with Gasteiger partial charge in [-0.3, -0.25) is 9.88 Å². The number of hydrogen-bond acceptors (Lipinski definition) is 8. The van der Waals surface area contributed by atoms with Gasteiger partial charge < -0.3 is 19.5 Å². The highest BCUT2D eigenvalue weighted by Gasteiger charge is 2.49. The van der Waals surface area contributed by atoms with Crippen LogP contribution in [-0.2, 0) is 11.2 Å². The van der Waals surface area contributed by atoms with Crippen molar-refractivity contribution in [1.82, 2.24) is 19.9 Å². The number of alkyl halides is 1. The number of halogens is 3. The number of fused-ring (bicyclic) bond motifs is 3. The van der Waals surface area contributed by atoms with Crippen molar-refractivity contribution in [2.75, 3.05) is 50.9 Å². The van der Waals surface area contributed by atoms with Crippen LogP contribution in [0.4, 0.5) is 19.0 Å². The molecule has 1 N–H and O–H groups in total. The van der Waals surface area contributed by atoms with Crippen molar-refractivity contribution in [3.05, 3.63) is 47.7 Å². The van der Waals surface area contributed by atoms with Gasteiger partial charge in [0.15, 0.2) is 5.82 Å². The van der Waals surface area contributed by atoms with Crippen molar-refractivity contribution in [2.24, 2.45) is 5.41 Å². The second-order valence-electron chi connectivity index (χ2n) is 13.4. The Bertz CT molecular complexity index is 1820. The van der Waals surface area contributed by atoms with E-state index in [2.05, 4.69) is 19.8 Å². The first-order valence-electron chi connectivity index (χ1n) is 15.9. The van der Waals surface area contributed by atoms with Gasteiger partial charge in [0.1, 0.15) is 41.4 Å². The molecule has 0 saturated carbocycles. The molecule has 8 rings (SSSR count). The van der Waals surface area contributed by atoms with Crippen molar-refractivity contribution in [2.45, 2.75) is 57.2 Å². The van der Waals surface area contributed by atoms with E-state index in [1.807, 2.05) is 6.92 Å². The molecule has 11 heteroatoms. The number of pyridine rings is 1. The Hall–Kier alpha value is -3.70. The zero-order valence-corrected chi connectivity index (χ0v) is 25.3. The molecule has 45 heavy (non-hydrogen) atoms. The number of hydrogen-bond donors (Lipinski definition) is 1. The maximum atomic E-state index is 16.8. The number of benzene rings is 2. The minimum absolute atomic E-state index is 0.0302. The average molecular weight is 620 g/mol. The van der Waals surface area contributed by atoms with E-state index in [9.17, 15) is 13.9 Å². The van der Waals surface area contributed by atoms with Gasteiger partial charge >= 0.3 is 6.01 Å². The Labute approximate surface area is 259 Å². The summed E-state index contributed by atoms with van der Waals surface area (Å²) in [4.78, 5) is 18.3.